The molecule has 136 valence electrons. The summed E-state index contributed by atoms with van der Waals surface area (Å²) in [6.45, 7) is 5.83. The molecule has 4 rings (SSSR count). The van der Waals surface area contributed by atoms with E-state index in [4.69, 9.17) is 4.74 Å². The highest BCUT2D eigenvalue weighted by atomic mass is 16.5. The van der Waals surface area contributed by atoms with Gasteiger partial charge in [-0.2, -0.15) is 0 Å². The molecule has 0 spiro atoms. The molecule has 3 aliphatic heterocycles. The maximum absolute atomic E-state index is 12.9. The highest BCUT2D eigenvalue weighted by molar-refractivity contribution is 5.96. The molecule has 0 unspecified atom stereocenters. The quantitative estimate of drug-likeness (QED) is 0.913. The van der Waals surface area contributed by atoms with Crippen molar-refractivity contribution in [2.45, 2.75) is 44.2 Å². The lowest BCUT2D eigenvalue weighted by Gasteiger charge is -2.42. The van der Waals surface area contributed by atoms with Crippen LogP contribution in [0.4, 0.5) is 5.69 Å². The predicted octanol–water partition coefficient (Wildman–Crippen LogP) is 2.13. The molecular weight excluding hydrogens is 314 g/mol. The van der Waals surface area contributed by atoms with Crippen LogP contribution in [0.25, 0.3) is 0 Å². The van der Waals surface area contributed by atoms with Gasteiger partial charge in [-0.3, -0.25) is 14.6 Å². The zero-order valence-electron chi connectivity index (χ0n) is 15.0. The van der Waals surface area contributed by atoms with Crippen molar-refractivity contribution in [1.82, 2.24) is 9.80 Å². The van der Waals surface area contributed by atoms with Crippen LogP contribution in [0.5, 0.6) is 0 Å². The minimum Gasteiger partial charge on any atom is -0.379 e. The number of carbonyl (C=O) groups is 1. The molecule has 5 heteroatoms. The standard InChI is InChI=1S/C20H29N3O2/c24-20-19(9-8-16-5-1-2-7-18(16)21-20)23-10-4-3-6-17(23)15-22-11-13-25-14-12-22/h1-2,5,7,17,19H,3-4,6,8-15H2,(H,21,24)/t17-,19-/m1/s1. The van der Waals surface area contributed by atoms with Crippen LogP contribution in [-0.4, -0.2) is 67.2 Å². The molecule has 0 saturated carbocycles. The number of carbonyl (C=O) groups excluding carboxylic acids is 1. The van der Waals surface area contributed by atoms with E-state index in [1.807, 2.05) is 12.1 Å². The van der Waals surface area contributed by atoms with Gasteiger partial charge in [-0.25, -0.2) is 0 Å². The van der Waals surface area contributed by atoms with E-state index in [1.165, 1.54) is 24.8 Å². The number of rotatable bonds is 3. The van der Waals surface area contributed by atoms with Gasteiger partial charge in [0.1, 0.15) is 0 Å². The lowest BCUT2D eigenvalue weighted by molar-refractivity contribution is -0.123. The van der Waals surface area contributed by atoms with Crippen LogP contribution >= 0.6 is 0 Å². The second-order valence-corrected chi connectivity index (χ2v) is 7.50. The number of morpholine rings is 1. The Morgan fingerprint density at radius 1 is 1.08 bits per heavy atom. The van der Waals surface area contributed by atoms with Crippen molar-refractivity contribution in [1.29, 1.82) is 0 Å². The van der Waals surface area contributed by atoms with Crippen LogP contribution < -0.4 is 5.32 Å². The molecule has 3 aliphatic rings. The summed E-state index contributed by atoms with van der Waals surface area (Å²) in [5.74, 6) is 0.179. The number of anilines is 1. The van der Waals surface area contributed by atoms with Crippen molar-refractivity contribution in [2.24, 2.45) is 0 Å². The first-order valence-electron chi connectivity index (χ1n) is 9.76. The summed E-state index contributed by atoms with van der Waals surface area (Å²) < 4.78 is 5.48. The summed E-state index contributed by atoms with van der Waals surface area (Å²) >= 11 is 0. The van der Waals surface area contributed by atoms with E-state index < -0.39 is 0 Å². The van der Waals surface area contributed by atoms with E-state index in [0.717, 1.165) is 57.9 Å². The normalized spacial score (nSPS) is 28.9. The Hall–Kier alpha value is -1.43. The molecule has 1 aromatic rings. The maximum Gasteiger partial charge on any atom is 0.241 e. The lowest BCUT2D eigenvalue weighted by atomic mass is 9.96. The molecule has 2 fully saturated rings. The number of fused-ring (bicyclic) bond motifs is 1. The number of hydrogen-bond acceptors (Lipinski definition) is 4. The minimum absolute atomic E-state index is 0.00117. The zero-order chi connectivity index (χ0) is 17.1. The van der Waals surface area contributed by atoms with E-state index in [1.54, 1.807) is 0 Å². The molecule has 0 bridgehead atoms. The molecule has 25 heavy (non-hydrogen) atoms. The highest BCUT2D eigenvalue weighted by Crippen LogP contribution is 2.28. The van der Waals surface area contributed by atoms with E-state index in [9.17, 15) is 4.79 Å². The lowest BCUT2D eigenvalue weighted by Crippen LogP contribution is -2.55. The van der Waals surface area contributed by atoms with Gasteiger partial charge in [0.15, 0.2) is 0 Å². The maximum atomic E-state index is 12.9. The van der Waals surface area contributed by atoms with Crippen molar-refractivity contribution in [3.63, 3.8) is 0 Å². The summed E-state index contributed by atoms with van der Waals surface area (Å²) in [6.07, 6.45) is 5.58. The molecule has 5 nitrogen and oxygen atoms in total. The monoisotopic (exact) mass is 343 g/mol. The fourth-order valence-corrected chi connectivity index (χ4v) is 4.53. The zero-order valence-corrected chi connectivity index (χ0v) is 15.0. The molecule has 2 atom stereocenters. The Labute approximate surface area is 150 Å². The van der Waals surface area contributed by atoms with E-state index in [0.29, 0.717) is 6.04 Å². The fraction of sp³-hybridized carbons (Fsp3) is 0.650. The van der Waals surface area contributed by atoms with Crippen LogP contribution in [0, 0.1) is 0 Å². The third kappa shape index (κ3) is 3.89. The first kappa shape index (κ1) is 17.0. The number of ether oxygens (including phenoxy) is 1. The number of benzene rings is 1. The minimum atomic E-state index is -0.00117. The van der Waals surface area contributed by atoms with Crippen LogP contribution in [0.1, 0.15) is 31.2 Å². The van der Waals surface area contributed by atoms with Gasteiger partial charge in [-0.15, -0.1) is 0 Å². The second-order valence-electron chi connectivity index (χ2n) is 7.50. The van der Waals surface area contributed by atoms with Crippen molar-refractivity contribution < 1.29 is 9.53 Å². The van der Waals surface area contributed by atoms with Crippen LogP contribution in [-0.2, 0) is 16.0 Å². The number of hydrogen-bond donors (Lipinski definition) is 1. The van der Waals surface area contributed by atoms with Gasteiger partial charge in [0.05, 0.1) is 19.3 Å². The highest BCUT2D eigenvalue weighted by Gasteiger charge is 2.35. The number of aryl methyl sites for hydroxylation is 1. The Bertz CT molecular complexity index is 600. The summed E-state index contributed by atoms with van der Waals surface area (Å²) in [5.41, 5.74) is 2.26. The predicted molar refractivity (Wildman–Crippen MR) is 98.8 cm³/mol. The van der Waals surface area contributed by atoms with E-state index in [-0.39, 0.29) is 11.9 Å². The Balaban J connectivity index is 1.47. The van der Waals surface area contributed by atoms with Gasteiger partial charge in [0, 0.05) is 31.4 Å². The second kappa shape index (κ2) is 7.85. The van der Waals surface area contributed by atoms with E-state index >= 15 is 0 Å². The van der Waals surface area contributed by atoms with Crippen molar-refractivity contribution in [3.05, 3.63) is 29.8 Å². The number of piperidine rings is 1. The first-order chi connectivity index (χ1) is 12.3. The fourth-order valence-electron chi connectivity index (χ4n) is 4.53. The molecule has 0 aliphatic carbocycles. The average Bonchev–Trinajstić information content (AvgIpc) is 2.81. The van der Waals surface area contributed by atoms with Gasteiger partial charge in [0.2, 0.25) is 5.91 Å². The Morgan fingerprint density at radius 2 is 1.92 bits per heavy atom. The SMILES string of the molecule is O=C1Nc2ccccc2CC[C@H]1N1CCCC[C@@H]1CN1CCOCC1. The summed E-state index contributed by atoms with van der Waals surface area (Å²) in [5, 5.41) is 3.18. The molecule has 1 N–H and O–H groups in total. The number of amides is 1. The van der Waals surface area contributed by atoms with Gasteiger partial charge in [-0.1, -0.05) is 24.6 Å². The van der Waals surface area contributed by atoms with Gasteiger partial charge in [0.25, 0.3) is 0 Å². The number of para-hydroxylation sites is 1. The Morgan fingerprint density at radius 3 is 2.80 bits per heavy atom. The smallest absolute Gasteiger partial charge is 0.241 e. The van der Waals surface area contributed by atoms with E-state index in [2.05, 4.69) is 27.2 Å². The van der Waals surface area contributed by atoms with Crippen LogP contribution in [0.15, 0.2) is 24.3 Å². The largest absolute Gasteiger partial charge is 0.379 e. The van der Waals surface area contributed by atoms with Gasteiger partial charge >= 0.3 is 0 Å². The molecule has 2 saturated heterocycles. The summed E-state index contributed by atoms with van der Waals surface area (Å²) in [6, 6.07) is 8.72. The summed E-state index contributed by atoms with van der Waals surface area (Å²) in [4.78, 5) is 17.9. The van der Waals surface area contributed by atoms with Gasteiger partial charge < -0.3 is 10.1 Å². The molecule has 3 heterocycles. The van der Waals surface area contributed by atoms with Crippen molar-refractivity contribution in [2.75, 3.05) is 44.7 Å². The summed E-state index contributed by atoms with van der Waals surface area (Å²) in [7, 11) is 0. The van der Waals surface area contributed by atoms with Crippen molar-refractivity contribution >= 4 is 11.6 Å². The number of nitrogens with zero attached hydrogens (tertiary/aromatic N) is 2. The molecule has 1 aromatic carbocycles. The topological polar surface area (TPSA) is 44.8 Å². The first-order valence-corrected chi connectivity index (χ1v) is 9.76. The van der Waals surface area contributed by atoms with Crippen LogP contribution in [0.3, 0.4) is 0 Å². The van der Waals surface area contributed by atoms with Crippen molar-refractivity contribution in [3.8, 4) is 0 Å². The molecular formula is C20H29N3O2. The molecule has 0 aromatic heterocycles. The average molecular weight is 343 g/mol. The molecule has 1 amide bonds. The van der Waals surface area contributed by atoms with Gasteiger partial charge in [-0.05, 0) is 43.9 Å². The Kier molecular flexibility index (Phi) is 5.34. The van der Waals surface area contributed by atoms with Crippen LogP contribution in [0.2, 0.25) is 0 Å². The third-order valence-electron chi connectivity index (χ3n) is 5.91. The third-order valence-corrected chi connectivity index (χ3v) is 5.91. The number of nitrogens with one attached hydrogen (secondary N) is 1. The number of likely N-dealkylation sites (tertiary alicyclic amines) is 1. The molecule has 0 radical (unpaired) electrons.